The van der Waals surface area contributed by atoms with Crippen molar-refractivity contribution in [1.29, 1.82) is 0 Å². The van der Waals surface area contributed by atoms with Crippen LogP contribution in [0, 0.1) is 0 Å². The summed E-state index contributed by atoms with van der Waals surface area (Å²) < 4.78 is 27.0. The summed E-state index contributed by atoms with van der Waals surface area (Å²) in [5, 5.41) is 0. The van der Waals surface area contributed by atoms with E-state index in [0.29, 0.717) is 19.5 Å². The number of hydrogen-bond donors (Lipinski definition) is 0. The molecule has 0 aliphatic carbocycles. The zero-order valence-corrected chi connectivity index (χ0v) is 11.0. The first-order valence-electron chi connectivity index (χ1n) is 5.70. The molecule has 0 unspecified atom stereocenters. The lowest BCUT2D eigenvalue weighted by atomic mass is 10.1. The van der Waals surface area contributed by atoms with Gasteiger partial charge in [-0.05, 0) is 23.9 Å². The van der Waals surface area contributed by atoms with Crippen LogP contribution in [0.15, 0.2) is 34.9 Å². The molecule has 0 aliphatic heterocycles. The summed E-state index contributed by atoms with van der Waals surface area (Å²) in [7, 11) is -3.84. The van der Waals surface area contributed by atoms with E-state index < -0.39 is 10.2 Å². The van der Waals surface area contributed by atoms with E-state index >= 15 is 0 Å². The Labute approximate surface area is 107 Å². The maximum absolute atomic E-state index is 11.5. The van der Waals surface area contributed by atoms with E-state index in [1.807, 2.05) is 30.3 Å². The summed E-state index contributed by atoms with van der Waals surface area (Å²) in [6.45, 7) is 2.37. The van der Waals surface area contributed by atoms with Gasteiger partial charge in [0.1, 0.15) is 0 Å². The number of aryl methyl sites for hydroxylation is 1. The minimum absolute atomic E-state index is 0.302. The molecule has 6 nitrogen and oxygen atoms in total. The second-order valence-electron chi connectivity index (χ2n) is 3.73. The molecule has 0 aromatic heterocycles. The standard InChI is InChI=1S/C11H16N4O2S/c1-2-15(18(16,17)14-13-12)10-6-9-11-7-4-3-5-8-11/h3-5,7-8H,2,6,9-10H2,1H3. The molecule has 1 rings (SSSR count). The van der Waals surface area contributed by atoms with Gasteiger partial charge in [0, 0.05) is 22.5 Å². The molecule has 1 aromatic rings. The quantitative estimate of drug-likeness (QED) is 0.432. The number of nitrogens with zero attached hydrogens (tertiary/aromatic N) is 4. The second kappa shape index (κ2) is 7.00. The molecule has 0 atom stereocenters. The Bertz CT molecular complexity index is 509. The van der Waals surface area contributed by atoms with Crippen molar-refractivity contribution in [3.05, 3.63) is 46.3 Å². The molecule has 0 saturated heterocycles. The molecule has 0 amide bonds. The van der Waals surface area contributed by atoms with E-state index in [1.165, 1.54) is 4.31 Å². The molecule has 0 radical (unpaired) electrons. The van der Waals surface area contributed by atoms with Crippen LogP contribution in [0.1, 0.15) is 18.9 Å². The summed E-state index contributed by atoms with van der Waals surface area (Å²) in [6.07, 6.45) is 1.49. The molecule has 0 aliphatic rings. The molecule has 0 spiro atoms. The van der Waals surface area contributed by atoms with E-state index in [2.05, 4.69) is 9.43 Å². The molecule has 0 saturated carbocycles. The summed E-state index contributed by atoms with van der Waals surface area (Å²) in [4.78, 5) is 2.34. The average Bonchev–Trinajstić information content (AvgIpc) is 2.35. The molecule has 18 heavy (non-hydrogen) atoms. The lowest BCUT2D eigenvalue weighted by molar-refractivity contribution is 0.421. The van der Waals surface area contributed by atoms with Gasteiger partial charge in [-0.2, -0.15) is 4.31 Å². The first-order valence-corrected chi connectivity index (χ1v) is 7.10. The molecule has 0 heterocycles. The Balaban J connectivity index is 2.53. The highest BCUT2D eigenvalue weighted by molar-refractivity contribution is 7.87. The van der Waals surface area contributed by atoms with E-state index in [-0.39, 0.29) is 0 Å². The fourth-order valence-corrected chi connectivity index (χ4v) is 2.52. The van der Waals surface area contributed by atoms with Crippen LogP contribution in [-0.4, -0.2) is 25.8 Å². The van der Waals surface area contributed by atoms with Gasteiger partial charge in [0.25, 0.3) is 0 Å². The molecule has 1 aromatic carbocycles. The SMILES string of the molecule is CCN(CCCc1ccccc1)S(=O)(=O)N=[N+]=[N-]. The zero-order valence-electron chi connectivity index (χ0n) is 10.2. The van der Waals surface area contributed by atoms with Gasteiger partial charge in [0.15, 0.2) is 0 Å². The molecular formula is C11H16N4O2S. The summed E-state index contributed by atoms with van der Waals surface area (Å²) in [6, 6.07) is 9.83. The first kappa shape index (κ1) is 14.5. The number of hydrogen-bond acceptors (Lipinski definition) is 2. The third kappa shape index (κ3) is 4.37. The Morgan fingerprint density at radius 3 is 2.56 bits per heavy atom. The van der Waals surface area contributed by atoms with Crippen LogP contribution in [0.25, 0.3) is 10.4 Å². The average molecular weight is 268 g/mol. The minimum atomic E-state index is -3.84. The maximum atomic E-state index is 11.5. The first-order chi connectivity index (χ1) is 8.60. The molecular weight excluding hydrogens is 252 g/mol. The Hall–Kier alpha value is -1.56. The molecule has 98 valence electrons. The van der Waals surface area contributed by atoms with Gasteiger partial charge in [-0.1, -0.05) is 37.3 Å². The van der Waals surface area contributed by atoms with Crippen molar-refractivity contribution in [2.75, 3.05) is 13.1 Å². The zero-order chi connectivity index (χ0) is 13.4. The highest BCUT2D eigenvalue weighted by Crippen LogP contribution is 2.07. The van der Waals surface area contributed by atoms with Crippen LogP contribution in [0.3, 0.4) is 0 Å². The lowest BCUT2D eigenvalue weighted by Crippen LogP contribution is -2.30. The van der Waals surface area contributed by atoms with Gasteiger partial charge < -0.3 is 0 Å². The van der Waals surface area contributed by atoms with Crippen molar-refractivity contribution in [3.8, 4) is 0 Å². The second-order valence-corrected chi connectivity index (χ2v) is 5.31. The van der Waals surface area contributed by atoms with E-state index in [9.17, 15) is 8.42 Å². The summed E-state index contributed by atoms with van der Waals surface area (Å²) >= 11 is 0. The lowest BCUT2D eigenvalue weighted by Gasteiger charge is -2.16. The van der Waals surface area contributed by atoms with Gasteiger partial charge in [0.2, 0.25) is 0 Å². The number of benzene rings is 1. The highest BCUT2D eigenvalue weighted by atomic mass is 32.2. The van der Waals surface area contributed by atoms with Crippen molar-refractivity contribution in [2.24, 2.45) is 4.52 Å². The minimum Gasteiger partial charge on any atom is -0.204 e. The smallest absolute Gasteiger partial charge is 0.204 e. The molecule has 0 bridgehead atoms. The number of rotatable bonds is 7. The number of azide groups is 1. The Morgan fingerprint density at radius 2 is 2.00 bits per heavy atom. The normalized spacial score (nSPS) is 11.2. The van der Waals surface area contributed by atoms with Crippen LogP contribution in [0.2, 0.25) is 0 Å². The van der Waals surface area contributed by atoms with Crippen molar-refractivity contribution in [1.82, 2.24) is 4.31 Å². The highest BCUT2D eigenvalue weighted by Gasteiger charge is 2.17. The van der Waals surface area contributed by atoms with Crippen LogP contribution in [0.5, 0.6) is 0 Å². The topological polar surface area (TPSA) is 86.1 Å². The predicted molar refractivity (Wildman–Crippen MR) is 70.1 cm³/mol. The van der Waals surface area contributed by atoms with E-state index in [1.54, 1.807) is 6.92 Å². The monoisotopic (exact) mass is 268 g/mol. The van der Waals surface area contributed by atoms with Gasteiger partial charge >= 0.3 is 10.2 Å². The fourth-order valence-electron chi connectivity index (χ4n) is 1.64. The molecule has 7 heteroatoms. The summed E-state index contributed by atoms with van der Waals surface area (Å²) in [5.41, 5.74) is 9.36. The van der Waals surface area contributed by atoms with Gasteiger partial charge in [-0.25, -0.2) is 8.42 Å². The van der Waals surface area contributed by atoms with Crippen LogP contribution in [0.4, 0.5) is 0 Å². The maximum Gasteiger partial charge on any atom is 0.302 e. The van der Waals surface area contributed by atoms with Crippen molar-refractivity contribution < 1.29 is 8.42 Å². The Kier molecular flexibility index (Phi) is 5.64. The molecule has 0 fully saturated rings. The van der Waals surface area contributed by atoms with Crippen LogP contribution < -0.4 is 0 Å². The predicted octanol–water partition coefficient (Wildman–Crippen LogP) is 2.50. The third-order valence-corrected chi connectivity index (χ3v) is 3.91. The fraction of sp³-hybridized carbons (Fsp3) is 0.455. The van der Waals surface area contributed by atoms with Crippen molar-refractivity contribution in [3.63, 3.8) is 0 Å². The van der Waals surface area contributed by atoms with Crippen molar-refractivity contribution in [2.45, 2.75) is 19.8 Å². The molecule has 0 N–H and O–H groups in total. The van der Waals surface area contributed by atoms with Crippen molar-refractivity contribution >= 4 is 10.2 Å². The van der Waals surface area contributed by atoms with Gasteiger partial charge in [-0.15, -0.1) is 0 Å². The van der Waals surface area contributed by atoms with Crippen LogP contribution in [-0.2, 0) is 16.6 Å². The van der Waals surface area contributed by atoms with Gasteiger partial charge in [-0.3, -0.25) is 0 Å². The summed E-state index contributed by atoms with van der Waals surface area (Å²) in [5.74, 6) is 0. The largest absolute Gasteiger partial charge is 0.302 e. The Morgan fingerprint density at radius 1 is 1.33 bits per heavy atom. The third-order valence-electron chi connectivity index (χ3n) is 2.53. The van der Waals surface area contributed by atoms with E-state index in [4.69, 9.17) is 5.53 Å². The van der Waals surface area contributed by atoms with Crippen LogP contribution >= 0.6 is 0 Å². The van der Waals surface area contributed by atoms with E-state index in [0.717, 1.165) is 12.0 Å². The van der Waals surface area contributed by atoms with Gasteiger partial charge in [0.05, 0.1) is 0 Å².